The molecular formula is C55H36BrN. The topological polar surface area (TPSA) is 3.24 Å². The van der Waals surface area contributed by atoms with Gasteiger partial charge in [0.1, 0.15) is 0 Å². The summed E-state index contributed by atoms with van der Waals surface area (Å²) in [5.74, 6) is -0.0364. The molecular weight excluding hydrogens is 755 g/mol. The van der Waals surface area contributed by atoms with Crippen LogP contribution in [0.5, 0.6) is 0 Å². The van der Waals surface area contributed by atoms with E-state index in [2.05, 4.69) is 233 Å². The Morgan fingerprint density at radius 2 is 0.667 bits per heavy atom. The molecule has 0 aliphatic carbocycles. The Morgan fingerprint density at radius 3 is 1.14 bits per heavy atom. The van der Waals surface area contributed by atoms with Crippen LogP contribution in [0.2, 0.25) is 0 Å². The van der Waals surface area contributed by atoms with Gasteiger partial charge >= 0.3 is 0 Å². The van der Waals surface area contributed by atoms with Gasteiger partial charge in [-0.15, -0.1) is 0 Å². The van der Waals surface area contributed by atoms with Crippen molar-refractivity contribution >= 4 is 97.6 Å². The van der Waals surface area contributed by atoms with Crippen molar-refractivity contribution in [2.24, 2.45) is 0 Å². The summed E-state index contributed by atoms with van der Waals surface area (Å²) >= 11 is 3.69. The van der Waals surface area contributed by atoms with Crippen LogP contribution in [0.25, 0.3) is 64.6 Å². The molecule has 1 nitrogen and oxygen atoms in total. The van der Waals surface area contributed by atoms with E-state index in [1.54, 1.807) is 0 Å². The van der Waals surface area contributed by atoms with Crippen LogP contribution in [0.4, 0.5) is 17.1 Å². The maximum absolute atomic E-state index is 3.69. The molecule has 0 spiro atoms. The average Bonchev–Trinajstić information content (AvgIpc) is 3.28. The van der Waals surface area contributed by atoms with Gasteiger partial charge in [0, 0.05) is 27.2 Å². The summed E-state index contributed by atoms with van der Waals surface area (Å²) in [5, 5.41) is 15.1. The number of nitrogens with zero attached hydrogens (tertiary/aromatic N) is 1. The van der Waals surface area contributed by atoms with Crippen molar-refractivity contribution in [1.82, 2.24) is 0 Å². The van der Waals surface area contributed by atoms with Gasteiger partial charge in [-0.05, 0) is 131 Å². The second-order valence-corrected chi connectivity index (χ2v) is 15.9. The van der Waals surface area contributed by atoms with Gasteiger partial charge in [-0.1, -0.05) is 174 Å². The normalized spacial score (nSPS) is 11.8. The predicted octanol–water partition coefficient (Wildman–Crippen LogP) is 16.0. The zero-order chi connectivity index (χ0) is 37.9. The van der Waals surface area contributed by atoms with Crippen molar-refractivity contribution in [2.75, 3.05) is 4.90 Å². The molecule has 2 heteroatoms. The van der Waals surface area contributed by atoms with Crippen LogP contribution in [0.15, 0.2) is 217 Å². The molecule has 0 fully saturated rings. The first-order valence-corrected chi connectivity index (χ1v) is 20.4. The van der Waals surface area contributed by atoms with Gasteiger partial charge in [0.05, 0.1) is 5.69 Å². The lowest BCUT2D eigenvalue weighted by atomic mass is 9.79. The number of rotatable bonds is 6. The third-order valence-corrected chi connectivity index (χ3v) is 12.3. The van der Waals surface area contributed by atoms with Gasteiger partial charge in [-0.25, -0.2) is 0 Å². The van der Waals surface area contributed by atoms with Gasteiger partial charge in [-0.3, -0.25) is 0 Å². The number of fused-ring (bicyclic) bond motifs is 9. The summed E-state index contributed by atoms with van der Waals surface area (Å²) in [5.41, 5.74) is 7.22. The van der Waals surface area contributed by atoms with E-state index in [1.165, 1.54) is 81.3 Å². The summed E-state index contributed by atoms with van der Waals surface area (Å²) in [6.45, 7) is 0. The second kappa shape index (κ2) is 13.8. The van der Waals surface area contributed by atoms with E-state index in [4.69, 9.17) is 0 Å². The Balaban J connectivity index is 1.17. The van der Waals surface area contributed by atoms with Crippen LogP contribution in [0, 0.1) is 0 Å². The van der Waals surface area contributed by atoms with Gasteiger partial charge in [0.25, 0.3) is 0 Å². The SMILES string of the molecule is Brc1ccc(N(c2ccc(C(c3cc4ccccc4c4ccccc34)c3cc4ccccc4c4ccccc34)cc2)c2cc3ccccc3c3ccccc23)cc1. The van der Waals surface area contributed by atoms with Crippen molar-refractivity contribution in [1.29, 1.82) is 0 Å². The number of anilines is 3. The molecule has 0 aliphatic heterocycles. The molecule has 0 radical (unpaired) electrons. The van der Waals surface area contributed by atoms with E-state index < -0.39 is 0 Å². The predicted molar refractivity (Wildman–Crippen MR) is 248 cm³/mol. The molecule has 0 amide bonds. The molecule has 0 aliphatic rings. The highest BCUT2D eigenvalue weighted by Gasteiger charge is 2.25. The summed E-state index contributed by atoms with van der Waals surface area (Å²) in [6.07, 6.45) is 0. The van der Waals surface area contributed by atoms with Crippen LogP contribution in [0.1, 0.15) is 22.6 Å². The summed E-state index contributed by atoms with van der Waals surface area (Å²) in [6, 6.07) is 78.3. The highest BCUT2D eigenvalue weighted by Crippen LogP contribution is 2.46. The number of hydrogen-bond acceptors (Lipinski definition) is 1. The van der Waals surface area contributed by atoms with Crippen molar-refractivity contribution in [3.63, 3.8) is 0 Å². The van der Waals surface area contributed by atoms with Crippen molar-refractivity contribution in [3.05, 3.63) is 233 Å². The first-order valence-electron chi connectivity index (χ1n) is 19.6. The third-order valence-electron chi connectivity index (χ3n) is 11.8. The minimum Gasteiger partial charge on any atom is -0.310 e. The van der Waals surface area contributed by atoms with Crippen LogP contribution < -0.4 is 4.90 Å². The Morgan fingerprint density at radius 1 is 0.316 bits per heavy atom. The second-order valence-electron chi connectivity index (χ2n) is 15.0. The van der Waals surface area contributed by atoms with Crippen LogP contribution in [0.3, 0.4) is 0 Å². The van der Waals surface area contributed by atoms with Crippen LogP contribution in [-0.4, -0.2) is 0 Å². The lowest BCUT2D eigenvalue weighted by Gasteiger charge is -2.29. The zero-order valence-electron chi connectivity index (χ0n) is 31.1. The smallest absolute Gasteiger partial charge is 0.0546 e. The molecule has 0 bridgehead atoms. The highest BCUT2D eigenvalue weighted by molar-refractivity contribution is 9.10. The third kappa shape index (κ3) is 5.67. The van der Waals surface area contributed by atoms with Crippen LogP contribution in [-0.2, 0) is 0 Å². The average molecular weight is 791 g/mol. The summed E-state index contributed by atoms with van der Waals surface area (Å²) < 4.78 is 1.05. The van der Waals surface area contributed by atoms with Crippen LogP contribution >= 0.6 is 15.9 Å². The molecule has 57 heavy (non-hydrogen) atoms. The molecule has 0 saturated heterocycles. The largest absolute Gasteiger partial charge is 0.310 e. The van der Waals surface area contributed by atoms with Crippen molar-refractivity contribution in [3.8, 4) is 0 Å². The lowest BCUT2D eigenvalue weighted by Crippen LogP contribution is -2.11. The van der Waals surface area contributed by atoms with E-state index in [1.807, 2.05) is 0 Å². The van der Waals surface area contributed by atoms with Crippen molar-refractivity contribution < 1.29 is 0 Å². The number of hydrogen-bond donors (Lipinski definition) is 0. The maximum atomic E-state index is 3.69. The Labute approximate surface area is 340 Å². The Bertz CT molecular complexity index is 3190. The molecule has 0 aromatic heterocycles. The Kier molecular flexibility index (Phi) is 8.12. The fourth-order valence-corrected chi connectivity index (χ4v) is 9.49. The molecule has 11 rings (SSSR count). The van der Waals surface area contributed by atoms with Crippen molar-refractivity contribution in [2.45, 2.75) is 5.92 Å². The zero-order valence-corrected chi connectivity index (χ0v) is 32.7. The van der Waals surface area contributed by atoms with E-state index in [9.17, 15) is 0 Å². The monoisotopic (exact) mass is 789 g/mol. The van der Waals surface area contributed by atoms with E-state index in [-0.39, 0.29) is 5.92 Å². The van der Waals surface area contributed by atoms with E-state index in [0.717, 1.165) is 21.5 Å². The van der Waals surface area contributed by atoms with Gasteiger partial charge < -0.3 is 4.90 Å². The molecule has 268 valence electrons. The summed E-state index contributed by atoms with van der Waals surface area (Å²) in [7, 11) is 0. The van der Waals surface area contributed by atoms with Gasteiger partial charge in [0.15, 0.2) is 0 Å². The maximum Gasteiger partial charge on any atom is 0.0546 e. The quantitative estimate of drug-likeness (QED) is 0.120. The van der Waals surface area contributed by atoms with Gasteiger partial charge in [-0.2, -0.15) is 0 Å². The number of halogens is 1. The first-order chi connectivity index (χ1) is 28.2. The highest BCUT2D eigenvalue weighted by atomic mass is 79.9. The molecule has 11 aromatic rings. The fraction of sp³-hybridized carbons (Fsp3) is 0.0182. The first kappa shape index (κ1) is 33.6. The number of benzene rings is 11. The lowest BCUT2D eigenvalue weighted by molar-refractivity contribution is 1.00. The molecule has 0 saturated carbocycles. The standard InChI is InChI=1S/C55H36BrN/c56-40-27-31-42(32-28-40)57(54-35-39-15-3-6-18-45(39)48-21-11-12-24-51(48)54)41-29-25-36(26-30-41)55(52-33-37-13-1-4-16-43(37)46-19-7-9-22-49(46)52)53-34-38-14-2-5-17-44(38)47-20-8-10-23-50(47)53/h1-35,55H. The molecule has 11 aromatic carbocycles. The molecule has 0 heterocycles. The van der Waals surface area contributed by atoms with E-state index in [0.29, 0.717) is 0 Å². The van der Waals surface area contributed by atoms with Gasteiger partial charge in [0.2, 0.25) is 0 Å². The molecule has 0 unspecified atom stereocenters. The summed E-state index contributed by atoms with van der Waals surface area (Å²) in [4.78, 5) is 2.41. The minimum absolute atomic E-state index is 0.0364. The van der Waals surface area contributed by atoms with E-state index >= 15 is 0 Å². The fourth-order valence-electron chi connectivity index (χ4n) is 9.22. The Hall–Kier alpha value is -6.74. The molecule has 0 N–H and O–H groups in total. The molecule has 0 atom stereocenters. The minimum atomic E-state index is -0.0364.